The molecular weight excluding hydrogens is 272 g/mol. The minimum Gasteiger partial charge on any atom is -0.326 e. The number of carbonyl (C=O) groups excluding carboxylic acids is 1. The van der Waals surface area contributed by atoms with Gasteiger partial charge in [0.15, 0.2) is 0 Å². The summed E-state index contributed by atoms with van der Waals surface area (Å²) in [5.41, 5.74) is 2.25. The standard InChI is InChI=1S/C19H20N2O/c1-2-18-8-5-10-21-11-9-19(17(18)21)13-6-3-4-7-15(13)20-16(22)14(19)12-18/h2-8,14,17H,1,9-12H2,(H,20,22)/t14-,17-,18+,19+/m0/s1. The van der Waals surface area contributed by atoms with Crippen LogP contribution in [-0.2, 0) is 10.2 Å². The van der Waals surface area contributed by atoms with Crippen molar-refractivity contribution >= 4 is 11.6 Å². The molecule has 112 valence electrons. The summed E-state index contributed by atoms with van der Waals surface area (Å²) in [4.78, 5) is 15.4. The van der Waals surface area contributed by atoms with Crippen LogP contribution in [-0.4, -0.2) is 29.9 Å². The molecule has 3 nitrogen and oxygen atoms in total. The Morgan fingerprint density at radius 1 is 1.36 bits per heavy atom. The van der Waals surface area contributed by atoms with E-state index in [2.05, 4.69) is 47.2 Å². The Kier molecular flexibility index (Phi) is 2.25. The Hall–Kier alpha value is -1.87. The van der Waals surface area contributed by atoms with Gasteiger partial charge in [0.25, 0.3) is 0 Å². The molecule has 1 aliphatic carbocycles. The third kappa shape index (κ3) is 1.22. The van der Waals surface area contributed by atoms with E-state index in [0.29, 0.717) is 6.04 Å². The highest BCUT2D eigenvalue weighted by Gasteiger charge is 2.69. The molecule has 0 unspecified atom stereocenters. The van der Waals surface area contributed by atoms with Crippen molar-refractivity contribution in [3.8, 4) is 0 Å². The number of nitrogens with zero attached hydrogens (tertiary/aromatic N) is 1. The molecule has 3 aliphatic heterocycles. The molecule has 1 saturated carbocycles. The molecule has 1 N–H and O–H groups in total. The first-order chi connectivity index (χ1) is 10.7. The van der Waals surface area contributed by atoms with Gasteiger partial charge in [0.2, 0.25) is 5.91 Å². The molecule has 0 bridgehead atoms. The van der Waals surface area contributed by atoms with E-state index in [1.54, 1.807) is 0 Å². The van der Waals surface area contributed by atoms with Gasteiger partial charge in [0.1, 0.15) is 0 Å². The van der Waals surface area contributed by atoms with Crippen molar-refractivity contribution in [1.29, 1.82) is 0 Å². The van der Waals surface area contributed by atoms with Gasteiger partial charge in [-0.1, -0.05) is 36.4 Å². The van der Waals surface area contributed by atoms with Gasteiger partial charge >= 0.3 is 0 Å². The van der Waals surface area contributed by atoms with Crippen molar-refractivity contribution in [3.63, 3.8) is 0 Å². The molecule has 1 saturated heterocycles. The van der Waals surface area contributed by atoms with Gasteiger partial charge in [0.05, 0.1) is 5.92 Å². The van der Waals surface area contributed by atoms with Crippen molar-refractivity contribution in [1.82, 2.24) is 4.90 Å². The summed E-state index contributed by atoms with van der Waals surface area (Å²) in [6.45, 7) is 6.21. The molecule has 4 atom stereocenters. The van der Waals surface area contributed by atoms with Gasteiger partial charge in [-0.3, -0.25) is 9.69 Å². The lowest BCUT2D eigenvalue weighted by molar-refractivity contribution is -0.122. The van der Waals surface area contributed by atoms with E-state index in [1.807, 2.05) is 12.1 Å². The highest BCUT2D eigenvalue weighted by Crippen LogP contribution is 2.65. The smallest absolute Gasteiger partial charge is 0.228 e. The largest absolute Gasteiger partial charge is 0.326 e. The zero-order valence-electron chi connectivity index (χ0n) is 12.6. The van der Waals surface area contributed by atoms with Crippen LogP contribution in [0, 0.1) is 11.3 Å². The minimum atomic E-state index is -0.0613. The number of nitrogens with one attached hydrogen (secondary N) is 1. The van der Waals surface area contributed by atoms with Crippen molar-refractivity contribution < 1.29 is 4.79 Å². The number of hydrogen-bond donors (Lipinski definition) is 1. The Morgan fingerprint density at radius 3 is 3.09 bits per heavy atom. The predicted octanol–water partition coefficient (Wildman–Crippen LogP) is 2.71. The summed E-state index contributed by atoms with van der Waals surface area (Å²) in [5.74, 6) is 0.253. The topological polar surface area (TPSA) is 32.3 Å². The molecule has 0 aromatic heterocycles. The molecule has 4 aliphatic rings. The van der Waals surface area contributed by atoms with E-state index < -0.39 is 0 Å². The third-order valence-corrected chi connectivity index (χ3v) is 6.51. The van der Waals surface area contributed by atoms with Crippen molar-refractivity contribution in [3.05, 3.63) is 54.6 Å². The molecule has 22 heavy (non-hydrogen) atoms. The molecular formula is C19H20N2O. The maximum absolute atomic E-state index is 12.8. The molecule has 3 heterocycles. The SMILES string of the molecule is C=C[C@@]12C=CCN3CC[C@]4(c5ccccc5NC(=O)[C@@H]4C1)[C@@H]32. The normalized spacial score (nSPS) is 41.5. The zero-order chi connectivity index (χ0) is 14.9. The number of amides is 1. The average Bonchev–Trinajstić information content (AvgIpc) is 3.08. The lowest BCUT2D eigenvalue weighted by atomic mass is 9.65. The zero-order valence-corrected chi connectivity index (χ0v) is 12.6. The Balaban J connectivity index is 1.82. The molecule has 2 fully saturated rings. The van der Waals surface area contributed by atoms with E-state index >= 15 is 0 Å². The second kappa shape index (κ2) is 3.90. The van der Waals surface area contributed by atoms with Crippen LogP contribution >= 0.6 is 0 Å². The first-order valence-corrected chi connectivity index (χ1v) is 8.17. The van der Waals surface area contributed by atoms with Gasteiger partial charge in [-0.2, -0.15) is 0 Å². The molecule has 1 spiro atoms. The molecule has 1 amide bonds. The fourth-order valence-corrected chi connectivity index (χ4v) is 5.79. The maximum Gasteiger partial charge on any atom is 0.228 e. The van der Waals surface area contributed by atoms with Crippen LogP contribution < -0.4 is 5.32 Å². The number of para-hydroxylation sites is 1. The summed E-state index contributed by atoms with van der Waals surface area (Å²) in [6, 6.07) is 8.77. The summed E-state index contributed by atoms with van der Waals surface area (Å²) in [7, 11) is 0. The van der Waals surface area contributed by atoms with Crippen LogP contribution in [0.3, 0.4) is 0 Å². The fourth-order valence-electron chi connectivity index (χ4n) is 5.79. The van der Waals surface area contributed by atoms with Gasteiger partial charge in [-0.05, 0) is 31.0 Å². The minimum absolute atomic E-state index is 0.0438. The van der Waals surface area contributed by atoms with Crippen LogP contribution in [0.5, 0.6) is 0 Å². The van der Waals surface area contributed by atoms with E-state index in [1.165, 1.54) is 5.56 Å². The molecule has 0 radical (unpaired) electrons. The number of fused-ring (bicyclic) bond motifs is 1. The number of carbonyl (C=O) groups is 1. The fraction of sp³-hybridized carbons (Fsp3) is 0.421. The van der Waals surface area contributed by atoms with Crippen molar-refractivity contribution in [2.75, 3.05) is 18.4 Å². The molecule has 5 rings (SSSR count). The van der Waals surface area contributed by atoms with Gasteiger partial charge in [-0.15, -0.1) is 6.58 Å². The quantitative estimate of drug-likeness (QED) is 0.807. The lowest BCUT2D eigenvalue weighted by Gasteiger charge is -2.45. The number of hydrogen-bond acceptors (Lipinski definition) is 2. The van der Waals surface area contributed by atoms with Crippen molar-refractivity contribution in [2.45, 2.75) is 24.3 Å². The van der Waals surface area contributed by atoms with Crippen LogP contribution in [0.4, 0.5) is 5.69 Å². The monoisotopic (exact) mass is 292 g/mol. The van der Waals surface area contributed by atoms with Gasteiger partial charge in [-0.25, -0.2) is 0 Å². The molecule has 1 aromatic rings. The first-order valence-electron chi connectivity index (χ1n) is 8.17. The highest BCUT2D eigenvalue weighted by molar-refractivity contribution is 5.98. The van der Waals surface area contributed by atoms with Gasteiger partial charge in [0, 0.05) is 29.1 Å². The molecule has 1 aromatic carbocycles. The highest BCUT2D eigenvalue weighted by atomic mass is 16.2. The summed E-state index contributed by atoms with van der Waals surface area (Å²) in [5, 5.41) is 3.14. The van der Waals surface area contributed by atoms with Crippen LogP contribution in [0.1, 0.15) is 18.4 Å². The van der Waals surface area contributed by atoms with Crippen LogP contribution in [0.2, 0.25) is 0 Å². The van der Waals surface area contributed by atoms with E-state index in [0.717, 1.165) is 31.6 Å². The first kappa shape index (κ1) is 12.7. The lowest BCUT2D eigenvalue weighted by Crippen LogP contribution is -2.52. The van der Waals surface area contributed by atoms with Crippen LogP contribution in [0.15, 0.2) is 49.1 Å². The van der Waals surface area contributed by atoms with E-state index in [-0.39, 0.29) is 22.7 Å². The Labute approximate surface area is 130 Å². The Bertz CT molecular complexity index is 724. The number of rotatable bonds is 1. The second-order valence-corrected chi connectivity index (χ2v) is 7.20. The van der Waals surface area contributed by atoms with Crippen molar-refractivity contribution in [2.24, 2.45) is 11.3 Å². The van der Waals surface area contributed by atoms with Crippen LogP contribution in [0.25, 0.3) is 0 Å². The van der Waals surface area contributed by atoms with Gasteiger partial charge < -0.3 is 5.32 Å². The second-order valence-electron chi connectivity index (χ2n) is 7.20. The van der Waals surface area contributed by atoms with E-state index in [4.69, 9.17) is 0 Å². The summed E-state index contributed by atoms with van der Waals surface area (Å²) < 4.78 is 0. The average molecular weight is 292 g/mol. The Morgan fingerprint density at radius 2 is 2.23 bits per heavy atom. The summed E-state index contributed by atoms with van der Waals surface area (Å²) >= 11 is 0. The van der Waals surface area contributed by atoms with E-state index in [9.17, 15) is 4.79 Å². The number of anilines is 1. The number of benzene rings is 1. The maximum atomic E-state index is 12.8. The molecule has 3 heteroatoms. The third-order valence-electron chi connectivity index (χ3n) is 6.51. The summed E-state index contributed by atoms with van der Waals surface area (Å²) in [6.07, 6.45) is 8.64. The predicted molar refractivity (Wildman–Crippen MR) is 86.6 cm³/mol.